The molecule has 0 aromatic heterocycles. The van der Waals surface area contributed by atoms with Gasteiger partial charge in [-0.15, -0.1) is 0 Å². The predicted molar refractivity (Wildman–Crippen MR) is 98.1 cm³/mol. The molecule has 2 fully saturated rings. The van der Waals surface area contributed by atoms with Crippen LogP contribution in [0.25, 0.3) is 0 Å². The van der Waals surface area contributed by atoms with Gasteiger partial charge >= 0.3 is 6.03 Å². The summed E-state index contributed by atoms with van der Waals surface area (Å²) in [7, 11) is 0. The van der Waals surface area contributed by atoms with Crippen LogP contribution in [0.4, 0.5) is 13.6 Å². The van der Waals surface area contributed by atoms with E-state index < -0.39 is 23.7 Å². The van der Waals surface area contributed by atoms with E-state index in [0.717, 1.165) is 51.3 Å². The molecule has 2 saturated heterocycles. The fraction of sp³-hybridized carbons (Fsp3) is 0.600. The van der Waals surface area contributed by atoms with Gasteiger partial charge in [-0.25, -0.2) is 13.6 Å². The summed E-state index contributed by atoms with van der Waals surface area (Å²) in [5, 5.41) is 2.78. The molecule has 3 amide bonds. The van der Waals surface area contributed by atoms with Crippen LogP contribution >= 0.6 is 0 Å². The highest BCUT2D eigenvalue weighted by Crippen LogP contribution is 2.32. The number of likely N-dealkylation sites (tertiary alicyclic amines) is 2. The summed E-state index contributed by atoms with van der Waals surface area (Å²) >= 11 is 0. The molecule has 148 valence electrons. The maximum Gasteiger partial charge on any atom is 0.318 e. The Morgan fingerprint density at radius 3 is 2.48 bits per heavy atom. The molecule has 0 spiro atoms. The van der Waals surface area contributed by atoms with E-state index in [0.29, 0.717) is 18.5 Å². The van der Waals surface area contributed by atoms with Crippen LogP contribution < -0.4 is 5.32 Å². The molecule has 2 heterocycles. The Kier molecular flexibility index (Phi) is 6.29. The van der Waals surface area contributed by atoms with Crippen LogP contribution in [0.2, 0.25) is 0 Å². The summed E-state index contributed by atoms with van der Waals surface area (Å²) < 4.78 is 27.5. The molecule has 2 aliphatic rings. The smallest absolute Gasteiger partial charge is 0.318 e. The standard InChI is InChI=1S/C20H27F2N3O2/c1-14(19(26)24-10-4-2-5-11-24)23-20(27)25-12-6-3-7-18(25)16-9-8-15(21)13-17(16)22/h8-9,13-14,18H,2-7,10-12H2,1H3,(H,23,27)/t14-,18?/m0/s1. The second-order valence-corrected chi connectivity index (χ2v) is 7.43. The van der Waals surface area contributed by atoms with Crippen LogP contribution in [0, 0.1) is 11.6 Å². The normalized spacial score (nSPS) is 21.7. The molecule has 3 rings (SSSR count). The van der Waals surface area contributed by atoms with Crippen molar-refractivity contribution in [1.29, 1.82) is 0 Å². The summed E-state index contributed by atoms with van der Waals surface area (Å²) in [6.45, 7) is 3.63. The monoisotopic (exact) mass is 379 g/mol. The van der Waals surface area contributed by atoms with E-state index in [1.165, 1.54) is 12.1 Å². The fourth-order valence-electron chi connectivity index (χ4n) is 3.99. The number of urea groups is 1. The third-order valence-electron chi connectivity index (χ3n) is 5.46. The Hall–Kier alpha value is -2.18. The van der Waals surface area contributed by atoms with Gasteiger partial charge in [0.25, 0.3) is 0 Å². The number of nitrogens with zero attached hydrogens (tertiary/aromatic N) is 2. The van der Waals surface area contributed by atoms with Gasteiger partial charge in [0.15, 0.2) is 0 Å². The minimum Gasteiger partial charge on any atom is -0.341 e. The van der Waals surface area contributed by atoms with E-state index >= 15 is 0 Å². The van der Waals surface area contributed by atoms with Crippen molar-refractivity contribution in [3.63, 3.8) is 0 Å². The molecule has 0 aliphatic carbocycles. The lowest BCUT2D eigenvalue weighted by Gasteiger charge is -2.37. The first-order chi connectivity index (χ1) is 13.0. The molecule has 0 saturated carbocycles. The van der Waals surface area contributed by atoms with Gasteiger partial charge in [-0.2, -0.15) is 0 Å². The number of halogens is 2. The van der Waals surface area contributed by atoms with Gasteiger partial charge in [0.1, 0.15) is 17.7 Å². The van der Waals surface area contributed by atoms with E-state index in [9.17, 15) is 18.4 Å². The summed E-state index contributed by atoms with van der Waals surface area (Å²) in [5.41, 5.74) is 0.321. The molecule has 0 bridgehead atoms. The summed E-state index contributed by atoms with van der Waals surface area (Å²) in [6, 6.07) is 2.02. The molecule has 0 radical (unpaired) electrons. The molecule has 2 atom stereocenters. The molecule has 7 heteroatoms. The molecular weight excluding hydrogens is 352 g/mol. The number of benzene rings is 1. The van der Waals surface area contributed by atoms with Crippen LogP contribution in [0.5, 0.6) is 0 Å². The summed E-state index contributed by atoms with van der Waals surface area (Å²) in [6.07, 6.45) is 5.41. The third kappa shape index (κ3) is 4.57. The van der Waals surface area contributed by atoms with Gasteiger partial charge in [0.05, 0.1) is 6.04 Å². The number of hydrogen-bond acceptors (Lipinski definition) is 2. The van der Waals surface area contributed by atoms with Gasteiger partial charge in [-0.3, -0.25) is 4.79 Å². The lowest BCUT2D eigenvalue weighted by molar-refractivity contribution is -0.133. The Balaban J connectivity index is 1.68. The van der Waals surface area contributed by atoms with Crippen molar-refractivity contribution in [2.24, 2.45) is 0 Å². The average Bonchev–Trinajstić information content (AvgIpc) is 2.68. The summed E-state index contributed by atoms with van der Waals surface area (Å²) in [5.74, 6) is -1.36. The topological polar surface area (TPSA) is 52.7 Å². The Labute approximate surface area is 158 Å². The third-order valence-corrected chi connectivity index (χ3v) is 5.46. The molecule has 1 aromatic carbocycles. The molecule has 27 heavy (non-hydrogen) atoms. The van der Waals surface area contributed by atoms with Crippen molar-refractivity contribution in [2.45, 2.75) is 57.5 Å². The first-order valence-corrected chi connectivity index (χ1v) is 9.78. The predicted octanol–water partition coefficient (Wildman–Crippen LogP) is 3.60. The molecular formula is C20H27F2N3O2. The van der Waals surface area contributed by atoms with Crippen molar-refractivity contribution in [3.8, 4) is 0 Å². The Bertz CT molecular complexity index is 692. The SMILES string of the molecule is C[C@H](NC(=O)N1CCCCC1c1ccc(F)cc1F)C(=O)N1CCCCC1. The van der Waals surface area contributed by atoms with Crippen LogP contribution in [-0.4, -0.2) is 47.4 Å². The molecule has 1 N–H and O–H groups in total. The van der Waals surface area contributed by atoms with Crippen molar-refractivity contribution < 1.29 is 18.4 Å². The highest BCUT2D eigenvalue weighted by Gasteiger charge is 2.32. The maximum atomic E-state index is 14.2. The Morgan fingerprint density at radius 2 is 1.78 bits per heavy atom. The van der Waals surface area contributed by atoms with Gasteiger partial charge in [0, 0.05) is 31.3 Å². The quantitative estimate of drug-likeness (QED) is 0.872. The zero-order chi connectivity index (χ0) is 19.4. The van der Waals surface area contributed by atoms with Crippen molar-refractivity contribution in [2.75, 3.05) is 19.6 Å². The largest absolute Gasteiger partial charge is 0.341 e. The van der Waals surface area contributed by atoms with E-state index in [2.05, 4.69) is 5.32 Å². The number of carbonyl (C=O) groups is 2. The lowest BCUT2D eigenvalue weighted by atomic mass is 9.95. The number of hydrogen-bond donors (Lipinski definition) is 1. The Morgan fingerprint density at radius 1 is 1.07 bits per heavy atom. The maximum absolute atomic E-state index is 14.2. The number of carbonyl (C=O) groups excluding carboxylic acids is 2. The van der Waals surface area contributed by atoms with Gasteiger partial charge in [0.2, 0.25) is 5.91 Å². The highest BCUT2D eigenvalue weighted by atomic mass is 19.1. The van der Waals surface area contributed by atoms with Crippen molar-refractivity contribution in [3.05, 3.63) is 35.4 Å². The fourth-order valence-corrected chi connectivity index (χ4v) is 3.99. The molecule has 1 aromatic rings. The van der Waals surface area contributed by atoms with Crippen molar-refractivity contribution >= 4 is 11.9 Å². The first-order valence-electron chi connectivity index (χ1n) is 9.78. The van der Waals surface area contributed by atoms with Gasteiger partial charge < -0.3 is 15.1 Å². The van der Waals surface area contributed by atoms with E-state index in [1.807, 2.05) is 0 Å². The zero-order valence-corrected chi connectivity index (χ0v) is 15.7. The minimum absolute atomic E-state index is 0.0791. The molecule has 1 unspecified atom stereocenters. The lowest BCUT2D eigenvalue weighted by Crippen LogP contribution is -2.53. The van der Waals surface area contributed by atoms with Crippen LogP contribution in [-0.2, 0) is 4.79 Å². The highest BCUT2D eigenvalue weighted by molar-refractivity contribution is 5.87. The number of amides is 3. The van der Waals surface area contributed by atoms with E-state index in [4.69, 9.17) is 0 Å². The zero-order valence-electron chi connectivity index (χ0n) is 15.7. The summed E-state index contributed by atoms with van der Waals surface area (Å²) in [4.78, 5) is 28.7. The average molecular weight is 379 g/mol. The number of nitrogens with one attached hydrogen (secondary N) is 1. The van der Waals surface area contributed by atoms with Crippen LogP contribution in [0.1, 0.15) is 57.1 Å². The second-order valence-electron chi connectivity index (χ2n) is 7.43. The molecule has 5 nitrogen and oxygen atoms in total. The number of rotatable bonds is 3. The molecule has 2 aliphatic heterocycles. The number of piperidine rings is 2. The van der Waals surface area contributed by atoms with Gasteiger partial charge in [-0.05, 0) is 51.5 Å². The van der Waals surface area contributed by atoms with E-state index in [-0.39, 0.29) is 11.9 Å². The van der Waals surface area contributed by atoms with Crippen molar-refractivity contribution in [1.82, 2.24) is 15.1 Å². The van der Waals surface area contributed by atoms with E-state index in [1.54, 1.807) is 16.7 Å². The van der Waals surface area contributed by atoms with Crippen LogP contribution in [0.15, 0.2) is 18.2 Å². The minimum atomic E-state index is -0.642. The second kappa shape index (κ2) is 8.67. The van der Waals surface area contributed by atoms with Gasteiger partial charge in [-0.1, -0.05) is 6.07 Å². The first kappa shape index (κ1) is 19.6. The van der Waals surface area contributed by atoms with Crippen LogP contribution in [0.3, 0.4) is 0 Å².